The molecule has 1 fully saturated rings. The molecule has 160 valence electrons. The number of likely N-dealkylation sites (tertiary alicyclic amines) is 1. The summed E-state index contributed by atoms with van der Waals surface area (Å²) in [6.45, 7) is 0.904. The molecule has 5 rings (SSSR count). The van der Waals surface area contributed by atoms with Crippen molar-refractivity contribution in [1.29, 1.82) is 0 Å². The molecule has 1 atom stereocenters. The van der Waals surface area contributed by atoms with E-state index in [1.807, 2.05) is 18.2 Å². The molecule has 9 heteroatoms. The molecule has 0 aliphatic carbocycles. The van der Waals surface area contributed by atoms with Gasteiger partial charge in [-0.1, -0.05) is 5.16 Å². The van der Waals surface area contributed by atoms with E-state index in [1.165, 1.54) is 10.7 Å². The van der Waals surface area contributed by atoms with Gasteiger partial charge in [-0.3, -0.25) is 19.6 Å². The van der Waals surface area contributed by atoms with Gasteiger partial charge in [0.25, 0.3) is 11.5 Å². The van der Waals surface area contributed by atoms with Crippen molar-refractivity contribution in [3.8, 4) is 22.6 Å². The first-order chi connectivity index (χ1) is 15.7. The maximum atomic E-state index is 13.1. The molecule has 9 nitrogen and oxygen atoms in total. The van der Waals surface area contributed by atoms with Crippen molar-refractivity contribution in [3.63, 3.8) is 0 Å². The Morgan fingerprint density at radius 3 is 2.59 bits per heavy atom. The lowest BCUT2D eigenvalue weighted by Crippen LogP contribution is -2.40. The first kappa shape index (κ1) is 19.8. The number of aromatic nitrogens is 5. The molecule has 4 aromatic heterocycles. The van der Waals surface area contributed by atoms with Gasteiger partial charge in [0, 0.05) is 54.6 Å². The fourth-order valence-electron chi connectivity index (χ4n) is 3.91. The highest BCUT2D eigenvalue weighted by atomic mass is 16.5. The van der Waals surface area contributed by atoms with Crippen LogP contribution in [0.2, 0.25) is 0 Å². The summed E-state index contributed by atoms with van der Waals surface area (Å²) in [5.41, 5.74) is 2.26. The maximum Gasteiger partial charge on any atom is 0.276 e. The van der Waals surface area contributed by atoms with Crippen LogP contribution in [0.5, 0.6) is 0 Å². The highest BCUT2D eigenvalue weighted by Crippen LogP contribution is 2.24. The number of rotatable bonds is 5. The van der Waals surface area contributed by atoms with Crippen LogP contribution in [0, 0.1) is 0 Å². The Kier molecular flexibility index (Phi) is 5.29. The van der Waals surface area contributed by atoms with Crippen LogP contribution in [-0.4, -0.2) is 48.3 Å². The standard InChI is InChI=1S/C23H20N6O3/c30-22-8-7-19(16-4-1-9-24-13-16)26-29(22)15-18-6-3-11-28(18)23(31)20-12-21(32-27-20)17-5-2-10-25-14-17/h1-2,4-5,7-10,12-14,18H,3,6,11,15H2. The number of hydrogen-bond acceptors (Lipinski definition) is 7. The fraction of sp³-hybridized carbons (Fsp3) is 0.217. The van der Waals surface area contributed by atoms with Crippen LogP contribution in [-0.2, 0) is 6.54 Å². The highest BCUT2D eigenvalue weighted by molar-refractivity contribution is 5.93. The third-order valence-corrected chi connectivity index (χ3v) is 5.52. The SMILES string of the molecule is O=C(c1cc(-c2cccnc2)on1)N1CCCC1Cn1nc(-c2cccnc2)ccc1=O. The van der Waals surface area contributed by atoms with E-state index < -0.39 is 0 Å². The second kappa shape index (κ2) is 8.54. The number of amides is 1. The average molecular weight is 428 g/mol. The lowest BCUT2D eigenvalue weighted by atomic mass is 10.2. The fourth-order valence-corrected chi connectivity index (χ4v) is 3.91. The van der Waals surface area contributed by atoms with Gasteiger partial charge in [-0.2, -0.15) is 5.10 Å². The minimum absolute atomic E-state index is 0.157. The van der Waals surface area contributed by atoms with Gasteiger partial charge in [0.1, 0.15) is 0 Å². The Morgan fingerprint density at radius 1 is 1.06 bits per heavy atom. The Balaban J connectivity index is 1.36. The van der Waals surface area contributed by atoms with Gasteiger partial charge >= 0.3 is 0 Å². The molecule has 0 N–H and O–H groups in total. The summed E-state index contributed by atoms with van der Waals surface area (Å²) in [6, 6.07) is 12.0. The molecule has 0 saturated carbocycles. The van der Waals surface area contributed by atoms with Crippen LogP contribution in [0.1, 0.15) is 23.3 Å². The van der Waals surface area contributed by atoms with Crippen LogP contribution in [0.4, 0.5) is 0 Å². The van der Waals surface area contributed by atoms with E-state index in [-0.39, 0.29) is 23.2 Å². The van der Waals surface area contributed by atoms with Gasteiger partial charge in [-0.15, -0.1) is 0 Å². The van der Waals surface area contributed by atoms with Crippen molar-refractivity contribution in [2.24, 2.45) is 0 Å². The summed E-state index contributed by atoms with van der Waals surface area (Å²) in [4.78, 5) is 35.5. The van der Waals surface area contributed by atoms with E-state index in [4.69, 9.17) is 4.52 Å². The van der Waals surface area contributed by atoms with E-state index in [0.29, 0.717) is 24.5 Å². The van der Waals surface area contributed by atoms with Crippen molar-refractivity contribution in [3.05, 3.63) is 83.3 Å². The molecule has 5 heterocycles. The van der Waals surface area contributed by atoms with Crippen LogP contribution < -0.4 is 5.56 Å². The quantitative estimate of drug-likeness (QED) is 0.481. The predicted molar refractivity (Wildman–Crippen MR) is 116 cm³/mol. The van der Waals surface area contributed by atoms with Crippen LogP contribution in [0.15, 0.2) is 76.6 Å². The first-order valence-electron chi connectivity index (χ1n) is 10.4. The molecular formula is C23H20N6O3. The van der Waals surface area contributed by atoms with E-state index in [1.54, 1.807) is 47.9 Å². The third-order valence-electron chi connectivity index (χ3n) is 5.52. The van der Waals surface area contributed by atoms with Crippen molar-refractivity contribution < 1.29 is 9.32 Å². The largest absolute Gasteiger partial charge is 0.355 e. The van der Waals surface area contributed by atoms with Gasteiger partial charge in [0.15, 0.2) is 11.5 Å². The second-order valence-corrected chi connectivity index (χ2v) is 7.59. The van der Waals surface area contributed by atoms with Crippen molar-refractivity contribution in [1.82, 2.24) is 29.8 Å². The molecule has 1 unspecified atom stereocenters. The number of carbonyl (C=O) groups is 1. The smallest absolute Gasteiger partial charge is 0.276 e. The molecule has 1 saturated heterocycles. The molecule has 1 amide bonds. The summed E-state index contributed by atoms with van der Waals surface area (Å²) in [5.74, 6) is 0.266. The van der Waals surface area contributed by atoms with Crippen molar-refractivity contribution >= 4 is 5.91 Å². The maximum absolute atomic E-state index is 13.1. The monoisotopic (exact) mass is 428 g/mol. The van der Waals surface area contributed by atoms with Gasteiger partial charge in [0.05, 0.1) is 18.3 Å². The summed E-state index contributed by atoms with van der Waals surface area (Å²) >= 11 is 0. The van der Waals surface area contributed by atoms with Gasteiger partial charge in [0.2, 0.25) is 0 Å². The lowest BCUT2D eigenvalue weighted by molar-refractivity contribution is 0.0710. The molecule has 0 aromatic carbocycles. The first-order valence-corrected chi connectivity index (χ1v) is 10.4. The number of nitrogens with zero attached hydrogens (tertiary/aromatic N) is 6. The van der Waals surface area contributed by atoms with Crippen LogP contribution in [0.3, 0.4) is 0 Å². The van der Waals surface area contributed by atoms with Crippen molar-refractivity contribution in [2.45, 2.75) is 25.4 Å². The molecule has 4 aromatic rings. The van der Waals surface area contributed by atoms with E-state index >= 15 is 0 Å². The Hall–Kier alpha value is -4.14. The molecule has 0 bridgehead atoms. The third kappa shape index (κ3) is 3.92. The zero-order valence-electron chi connectivity index (χ0n) is 17.2. The molecule has 32 heavy (non-hydrogen) atoms. The number of carbonyl (C=O) groups excluding carboxylic acids is 1. The summed E-state index contributed by atoms with van der Waals surface area (Å²) in [5, 5.41) is 8.47. The molecule has 1 aliphatic rings. The second-order valence-electron chi connectivity index (χ2n) is 7.59. The number of pyridine rings is 2. The predicted octanol–water partition coefficient (Wildman–Crippen LogP) is 2.66. The summed E-state index contributed by atoms with van der Waals surface area (Å²) in [6.07, 6.45) is 8.34. The number of hydrogen-bond donors (Lipinski definition) is 0. The highest BCUT2D eigenvalue weighted by Gasteiger charge is 2.32. The molecule has 0 spiro atoms. The molecular weight excluding hydrogens is 408 g/mol. The minimum Gasteiger partial charge on any atom is -0.355 e. The normalized spacial score (nSPS) is 15.8. The van der Waals surface area contributed by atoms with E-state index in [9.17, 15) is 9.59 Å². The van der Waals surface area contributed by atoms with Crippen molar-refractivity contribution in [2.75, 3.05) is 6.54 Å². The van der Waals surface area contributed by atoms with Crippen LogP contribution in [0.25, 0.3) is 22.6 Å². The zero-order valence-corrected chi connectivity index (χ0v) is 17.2. The molecule has 0 radical (unpaired) electrons. The van der Waals surface area contributed by atoms with Gasteiger partial charge in [-0.25, -0.2) is 4.68 Å². The van der Waals surface area contributed by atoms with Crippen LogP contribution >= 0.6 is 0 Å². The van der Waals surface area contributed by atoms with E-state index in [0.717, 1.165) is 24.0 Å². The van der Waals surface area contributed by atoms with E-state index in [2.05, 4.69) is 20.2 Å². The van der Waals surface area contributed by atoms with Gasteiger partial charge in [-0.05, 0) is 43.2 Å². The summed E-state index contributed by atoms with van der Waals surface area (Å²) in [7, 11) is 0. The lowest BCUT2D eigenvalue weighted by Gasteiger charge is -2.24. The summed E-state index contributed by atoms with van der Waals surface area (Å²) < 4.78 is 6.78. The Bertz CT molecular complexity index is 1290. The molecule has 1 aliphatic heterocycles. The average Bonchev–Trinajstić information content (AvgIpc) is 3.51. The van der Waals surface area contributed by atoms with Gasteiger partial charge < -0.3 is 9.42 Å². The topological polar surface area (TPSA) is 107 Å². The zero-order chi connectivity index (χ0) is 21.9. The minimum atomic E-state index is -0.220. The Morgan fingerprint density at radius 2 is 1.84 bits per heavy atom. The Labute approximate surface area is 183 Å².